The number of methoxy groups -OCH3 is 1. The Hall–Kier alpha value is -2.21. The maximum Gasteiger partial charge on any atom is 0.220 e. The molecule has 4 N–H and O–H groups in total. The summed E-state index contributed by atoms with van der Waals surface area (Å²) in [5.41, 5.74) is 9.53. The van der Waals surface area contributed by atoms with Gasteiger partial charge in [0.05, 0.1) is 7.11 Å². The molecule has 152 valence electrons. The Kier molecular flexibility index (Phi) is 9.87. The number of hydrogen-bond acceptors (Lipinski definition) is 3. The fourth-order valence-corrected chi connectivity index (χ4v) is 3.15. The number of hydrogen-bond donors (Lipinski definition) is 3. The molecule has 0 radical (unpaired) electrons. The van der Waals surface area contributed by atoms with Crippen molar-refractivity contribution in [2.24, 2.45) is 5.73 Å². The first kappa shape index (κ1) is 23.8. The summed E-state index contributed by atoms with van der Waals surface area (Å²) in [7, 11) is 1.64. The number of carbonyl (C=O) groups is 1. The number of halogens is 2. The van der Waals surface area contributed by atoms with Crippen LogP contribution in [0.15, 0.2) is 54.7 Å². The van der Waals surface area contributed by atoms with Gasteiger partial charge in [-0.1, -0.05) is 36.4 Å². The predicted octanol–water partition coefficient (Wildman–Crippen LogP) is 3.64. The minimum atomic E-state index is -0.121. The van der Waals surface area contributed by atoms with E-state index in [-0.39, 0.29) is 36.8 Å². The third-order valence-corrected chi connectivity index (χ3v) is 4.53. The SMILES string of the molecule is COc1ccccc1CCC(=O)NCC(N)Cc1c[nH]c2ccccc12.Cl.Cl. The highest BCUT2D eigenvalue weighted by Crippen LogP contribution is 2.19. The lowest BCUT2D eigenvalue weighted by molar-refractivity contribution is -0.121. The minimum absolute atomic E-state index is 0. The highest BCUT2D eigenvalue weighted by Gasteiger charge is 2.11. The average molecular weight is 424 g/mol. The van der Waals surface area contributed by atoms with Gasteiger partial charge in [0.25, 0.3) is 0 Å². The van der Waals surface area contributed by atoms with Crippen molar-refractivity contribution in [1.29, 1.82) is 0 Å². The maximum absolute atomic E-state index is 12.1. The fraction of sp³-hybridized carbons (Fsp3) is 0.286. The lowest BCUT2D eigenvalue weighted by Gasteiger charge is -2.13. The molecule has 5 nitrogen and oxygen atoms in total. The van der Waals surface area contributed by atoms with Crippen LogP contribution in [-0.4, -0.2) is 30.6 Å². The van der Waals surface area contributed by atoms with Gasteiger partial charge in [-0.25, -0.2) is 0 Å². The Bertz CT molecular complexity index is 883. The molecule has 0 aliphatic carbocycles. The van der Waals surface area contributed by atoms with Crippen LogP contribution in [-0.2, 0) is 17.6 Å². The second-order valence-corrected chi connectivity index (χ2v) is 6.44. The molecular formula is C21H27Cl2N3O2. The van der Waals surface area contributed by atoms with Gasteiger partial charge in [0.2, 0.25) is 5.91 Å². The number of aromatic nitrogens is 1. The lowest BCUT2D eigenvalue weighted by atomic mass is 10.1. The smallest absolute Gasteiger partial charge is 0.220 e. The molecule has 1 atom stereocenters. The Balaban J connectivity index is 0.00000196. The van der Waals surface area contributed by atoms with Gasteiger partial charge in [0.15, 0.2) is 0 Å². The number of benzene rings is 2. The third-order valence-electron chi connectivity index (χ3n) is 4.53. The summed E-state index contributed by atoms with van der Waals surface area (Å²) in [4.78, 5) is 15.4. The number of nitrogens with two attached hydrogens (primary N) is 1. The summed E-state index contributed by atoms with van der Waals surface area (Å²) >= 11 is 0. The van der Waals surface area contributed by atoms with Crippen molar-refractivity contribution in [2.45, 2.75) is 25.3 Å². The van der Waals surface area contributed by atoms with Crippen molar-refractivity contribution >= 4 is 41.6 Å². The van der Waals surface area contributed by atoms with E-state index in [2.05, 4.69) is 16.4 Å². The van der Waals surface area contributed by atoms with Crippen molar-refractivity contribution in [3.63, 3.8) is 0 Å². The van der Waals surface area contributed by atoms with E-state index in [1.807, 2.05) is 48.7 Å². The number of H-pyrrole nitrogens is 1. The number of para-hydroxylation sites is 2. The Morgan fingerprint density at radius 1 is 1.11 bits per heavy atom. The van der Waals surface area contributed by atoms with E-state index < -0.39 is 0 Å². The number of amides is 1. The van der Waals surface area contributed by atoms with Crippen LogP contribution in [0.2, 0.25) is 0 Å². The Morgan fingerprint density at radius 2 is 1.82 bits per heavy atom. The number of ether oxygens (including phenoxy) is 1. The van der Waals surface area contributed by atoms with E-state index >= 15 is 0 Å². The number of aromatic amines is 1. The standard InChI is InChI=1S/C21H25N3O2.2ClH/c1-26-20-9-5-2-6-15(20)10-11-21(25)24-14-17(22)12-16-13-23-19-8-4-3-7-18(16)19;;/h2-9,13,17,23H,10-12,14,22H2,1H3,(H,24,25);2*1H. The van der Waals surface area contributed by atoms with Crippen LogP contribution in [0.4, 0.5) is 0 Å². The molecule has 1 amide bonds. The molecule has 0 spiro atoms. The zero-order valence-electron chi connectivity index (χ0n) is 15.8. The molecule has 1 aromatic heterocycles. The molecule has 3 aromatic rings. The number of aryl methyl sites for hydroxylation is 1. The quantitative estimate of drug-likeness (QED) is 0.517. The van der Waals surface area contributed by atoms with Crippen LogP contribution in [0.1, 0.15) is 17.5 Å². The van der Waals surface area contributed by atoms with E-state index in [9.17, 15) is 4.79 Å². The number of fused-ring (bicyclic) bond motifs is 1. The molecule has 0 aliphatic heterocycles. The largest absolute Gasteiger partial charge is 0.496 e. The highest BCUT2D eigenvalue weighted by atomic mass is 35.5. The number of nitrogens with one attached hydrogen (secondary N) is 2. The van der Waals surface area contributed by atoms with Crippen molar-refractivity contribution in [1.82, 2.24) is 10.3 Å². The van der Waals surface area contributed by atoms with Crippen LogP contribution in [0.3, 0.4) is 0 Å². The first-order valence-electron chi connectivity index (χ1n) is 8.86. The van der Waals surface area contributed by atoms with Crippen LogP contribution in [0.25, 0.3) is 10.9 Å². The topological polar surface area (TPSA) is 80.1 Å². The van der Waals surface area contributed by atoms with E-state index in [4.69, 9.17) is 10.5 Å². The first-order chi connectivity index (χ1) is 12.7. The second-order valence-electron chi connectivity index (χ2n) is 6.44. The summed E-state index contributed by atoms with van der Waals surface area (Å²) < 4.78 is 5.32. The van der Waals surface area contributed by atoms with Gasteiger partial charge in [0.1, 0.15) is 5.75 Å². The van der Waals surface area contributed by atoms with Crippen LogP contribution < -0.4 is 15.8 Å². The monoisotopic (exact) mass is 423 g/mol. The van der Waals surface area contributed by atoms with E-state index in [0.717, 1.165) is 23.3 Å². The van der Waals surface area contributed by atoms with Crippen molar-refractivity contribution in [3.05, 3.63) is 65.9 Å². The summed E-state index contributed by atoms with van der Waals surface area (Å²) in [5, 5.41) is 4.12. The molecule has 1 heterocycles. The molecule has 0 fully saturated rings. The number of carbonyl (C=O) groups excluding carboxylic acids is 1. The zero-order chi connectivity index (χ0) is 18.4. The summed E-state index contributed by atoms with van der Waals surface area (Å²) in [6.07, 6.45) is 3.78. The fourth-order valence-electron chi connectivity index (χ4n) is 3.15. The third kappa shape index (κ3) is 6.16. The summed E-state index contributed by atoms with van der Waals surface area (Å²) in [6.45, 7) is 0.463. The Labute approximate surface area is 177 Å². The molecule has 7 heteroatoms. The lowest BCUT2D eigenvalue weighted by Crippen LogP contribution is -2.38. The zero-order valence-corrected chi connectivity index (χ0v) is 17.4. The maximum atomic E-state index is 12.1. The molecule has 28 heavy (non-hydrogen) atoms. The average Bonchev–Trinajstić information content (AvgIpc) is 3.08. The van der Waals surface area contributed by atoms with E-state index in [0.29, 0.717) is 19.4 Å². The molecule has 0 bridgehead atoms. The summed E-state index contributed by atoms with van der Waals surface area (Å²) in [6, 6.07) is 15.8. The Morgan fingerprint density at radius 3 is 2.61 bits per heavy atom. The van der Waals surface area contributed by atoms with E-state index in [1.165, 1.54) is 10.9 Å². The molecule has 1 unspecified atom stereocenters. The van der Waals surface area contributed by atoms with Gasteiger partial charge in [-0.3, -0.25) is 4.79 Å². The predicted molar refractivity (Wildman–Crippen MR) is 119 cm³/mol. The second kappa shape index (κ2) is 11.6. The molecule has 0 saturated carbocycles. The first-order valence-corrected chi connectivity index (χ1v) is 8.86. The van der Waals surface area contributed by atoms with Gasteiger partial charge in [-0.2, -0.15) is 0 Å². The molecule has 2 aromatic carbocycles. The normalized spacial score (nSPS) is 11.2. The van der Waals surface area contributed by atoms with Gasteiger partial charge < -0.3 is 20.8 Å². The van der Waals surface area contributed by atoms with Gasteiger partial charge in [-0.05, 0) is 36.1 Å². The summed E-state index contributed by atoms with van der Waals surface area (Å²) in [5.74, 6) is 0.821. The van der Waals surface area contributed by atoms with Gasteiger partial charge in [-0.15, -0.1) is 24.8 Å². The van der Waals surface area contributed by atoms with Gasteiger partial charge >= 0.3 is 0 Å². The van der Waals surface area contributed by atoms with Gasteiger partial charge in [0, 0.05) is 36.1 Å². The minimum Gasteiger partial charge on any atom is -0.496 e. The van der Waals surface area contributed by atoms with E-state index in [1.54, 1.807) is 7.11 Å². The molecule has 0 aliphatic rings. The van der Waals surface area contributed by atoms with Crippen molar-refractivity contribution in [2.75, 3.05) is 13.7 Å². The van der Waals surface area contributed by atoms with Crippen LogP contribution in [0, 0.1) is 0 Å². The van der Waals surface area contributed by atoms with Crippen molar-refractivity contribution in [3.8, 4) is 5.75 Å². The number of rotatable bonds is 8. The highest BCUT2D eigenvalue weighted by molar-refractivity contribution is 5.85. The molecule has 3 rings (SSSR count). The molecular weight excluding hydrogens is 397 g/mol. The molecule has 0 saturated heterocycles. The van der Waals surface area contributed by atoms with Crippen LogP contribution >= 0.6 is 24.8 Å². The van der Waals surface area contributed by atoms with Crippen LogP contribution in [0.5, 0.6) is 5.75 Å². The van der Waals surface area contributed by atoms with Crippen molar-refractivity contribution < 1.29 is 9.53 Å².